The highest BCUT2D eigenvalue weighted by molar-refractivity contribution is 7.88. The number of amides is 4. The number of hydrogen-bond donors (Lipinski definition) is 2. The fourth-order valence-corrected chi connectivity index (χ4v) is 5.41. The fraction of sp³-hybridized carbons (Fsp3) is 0.667. The van der Waals surface area contributed by atoms with E-state index in [-0.39, 0.29) is 12.8 Å². The molecular weight excluding hydrogens is 396 g/mol. The normalized spacial score (nSPS) is 32.3. The lowest BCUT2D eigenvalue weighted by Gasteiger charge is -2.35. The molecule has 14 heteroatoms. The van der Waals surface area contributed by atoms with Crippen molar-refractivity contribution in [2.24, 2.45) is 0 Å². The third kappa shape index (κ3) is 3.49. The van der Waals surface area contributed by atoms with E-state index < -0.39 is 79.4 Å². The van der Waals surface area contributed by atoms with Crippen LogP contribution in [-0.2, 0) is 47.8 Å². The van der Waals surface area contributed by atoms with Crippen molar-refractivity contribution in [3.8, 4) is 0 Å². The number of imide groups is 2. The summed E-state index contributed by atoms with van der Waals surface area (Å²) in [6, 6.07) is 0. The minimum Gasteiger partial charge on any atom is -0.295 e. The van der Waals surface area contributed by atoms with E-state index in [4.69, 9.17) is 8.37 Å². The highest BCUT2D eigenvalue weighted by Crippen LogP contribution is 2.32. The molecule has 4 amide bonds. The Morgan fingerprint density at radius 2 is 1.04 bits per heavy atom. The summed E-state index contributed by atoms with van der Waals surface area (Å²) in [7, 11) is -8.94. The first-order valence-corrected chi connectivity index (χ1v) is 10.5. The molecule has 0 aromatic heterocycles. The van der Waals surface area contributed by atoms with E-state index in [2.05, 4.69) is 0 Å². The Bertz CT molecular complexity index is 819. The quantitative estimate of drug-likeness (QED) is 0.339. The van der Waals surface area contributed by atoms with Gasteiger partial charge in [-0.2, -0.15) is 16.8 Å². The van der Waals surface area contributed by atoms with E-state index in [0.717, 1.165) is 0 Å². The van der Waals surface area contributed by atoms with Crippen LogP contribution in [-0.4, -0.2) is 63.2 Å². The monoisotopic (exact) mass is 410 g/mol. The van der Waals surface area contributed by atoms with Crippen molar-refractivity contribution < 1.29 is 44.4 Å². The number of carbonyl (C=O) groups excluding carboxylic acids is 4. The van der Waals surface area contributed by atoms with Gasteiger partial charge in [0.2, 0.25) is 23.6 Å². The molecule has 0 bridgehead atoms. The molecule has 2 aliphatic heterocycles. The van der Waals surface area contributed by atoms with Crippen LogP contribution in [0.15, 0.2) is 0 Å². The SMILES string of the molecule is O=C1CC(S(=O)(=O)OC2CCC2OS(=O)(=O)C2CC(=O)NC2=O)C(=O)N1. The van der Waals surface area contributed by atoms with Crippen molar-refractivity contribution in [1.29, 1.82) is 0 Å². The Hall–Kier alpha value is -1.90. The zero-order valence-electron chi connectivity index (χ0n) is 13.0. The second kappa shape index (κ2) is 6.37. The van der Waals surface area contributed by atoms with Crippen LogP contribution in [0.4, 0.5) is 0 Å². The molecule has 3 aliphatic rings. The summed E-state index contributed by atoms with van der Waals surface area (Å²) in [5, 5.41) is 0.269. The van der Waals surface area contributed by atoms with Crippen molar-refractivity contribution in [3.63, 3.8) is 0 Å². The van der Waals surface area contributed by atoms with Gasteiger partial charge in [0.25, 0.3) is 20.2 Å². The van der Waals surface area contributed by atoms with Crippen LogP contribution in [0.5, 0.6) is 0 Å². The molecule has 2 saturated heterocycles. The molecule has 26 heavy (non-hydrogen) atoms. The van der Waals surface area contributed by atoms with Crippen LogP contribution in [0.25, 0.3) is 0 Å². The molecule has 2 N–H and O–H groups in total. The third-order valence-corrected chi connectivity index (χ3v) is 7.40. The average Bonchev–Trinajstić information content (AvgIpc) is 3.03. The molecular formula is C12H14N2O10S2. The third-order valence-electron chi connectivity index (χ3n) is 4.21. The first-order chi connectivity index (χ1) is 12.0. The first-order valence-electron chi connectivity index (χ1n) is 7.51. The molecule has 4 atom stereocenters. The predicted octanol–water partition coefficient (Wildman–Crippen LogP) is -2.96. The molecule has 0 aromatic rings. The Labute approximate surface area is 147 Å². The zero-order chi connectivity index (χ0) is 19.3. The Kier molecular flexibility index (Phi) is 4.62. The summed E-state index contributed by atoms with van der Waals surface area (Å²) in [6.07, 6.45) is -3.25. The number of rotatable bonds is 6. The van der Waals surface area contributed by atoms with Gasteiger partial charge in [-0.25, -0.2) is 0 Å². The maximum atomic E-state index is 12.1. The Morgan fingerprint density at radius 1 is 0.692 bits per heavy atom. The van der Waals surface area contributed by atoms with Gasteiger partial charge in [0.1, 0.15) is 12.2 Å². The van der Waals surface area contributed by atoms with Gasteiger partial charge in [-0.3, -0.25) is 38.2 Å². The van der Waals surface area contributed by atoms with Crippen LogP contribution < -0.4 is 10.6 Å². The molecule has 0 aromatic carbocycles. The first kappa shape index (κ1) is 18.9. The summed E-state index contributed by atoms with van der Waals surface area (Å²) < 4.78 is 58.1. The Morgan fingerprint density at radius 3 is 1.27 bits per heavy atom. The van der Waals surface area contributed by atoms with Crippen LogP contribution in [0.2, 0.25) is 0 Å². The van der Waals surface area contributed by atoms with E-state index in [9.17, 15) is 36.0 Å². The van der Waals surface area contributed by atoms with Gasteiger partial charge >= 0.3 is 0 Å². The lowest BCUT2D eigenvalue weighted by Crippen LogP contribution is -2.47. The van der Waals surface area contributed by atoms with Crippen molar-refractivity contribution in [2.45, 2.75) is 48.4 Å². The lowest BCUT2D eigenvalue weighted by atomic mass is 9.93. The van der Waals surface area contributed by atoms with Gasteiger partial charge in [0.15, 0.2) is 10.5 Å². The van der Waals surface area contributed by atoms with Crippen molar-refractivity contribution >= 4 is 43.9 Å². The van der Waals surface area contributed by atoms with E-state index in [1.807, 2.05) is 10.6 Å². The summed E-state index contributed by atoms with van der Waals surface area (Å²) in [5.41, 5.74) is 0. The van der Waals surface area contributed by atoms with Gasteiger partial charge in [-0.15, -0.1) is 0 Å². The second-order valence-corrected chi connectivity index (χ2v) is 9.54. The van der Waals surface area contributed by atoms with E-state index in [0.29, 0.717) is 0 Å². The smallest absolute Gasteiger partial charge is 0.280 e. The molecule has 4 unspecified atom stereocenters. The van der Waals surface area contributed by atoms with Crippen molar-refractivity contribution in [1.82, 2.24) is 10.6 Å². The topological polar surface area (TPSA) is 179 Å². The van der Waals surface area contributed by atoms with E-state index in [1.165, 1.54) is 0 Å². The van der Waals surface area contributed by atoms with Gasteiger partial charge < -0.3 is 0 Å². The Balaban J connectivity index is 1.65. The van der Waals surface area contributed by atoms with Crippen LogP contribution >= 0.6 is 0 Å². The van der Waals surface area contributed by atoms with Crippen molar-refractivity contribution in [2.75, 3.05) is 0 Å². The van der Waals surface area contributed by atoms with Crippen LogP contribution in [0, 0.1) is 0 Å². The standard InChI is InChI=1S/C12H14N2O10S2/c15-9-3-7(11(17)13-9)25(19,20)23-5-1-2-6(5)24-26(21,22)8-4-10(16)14-12(8)18/h5-8H,1-4H2,(H,13,15,17)(H,14,16,18). The zero-order valence-corrected chi connectivity index (χ0v) is 14.7. The molecule has 0 spiro atoms. The van der Waals surface area contributed by atoms with Gasteiger partial charge in [0.05, 0.1) is 12.8 Å². The van der Waals surface area contributed by atoms with Crippen LogP contribution in [0.3, 0.4) is 0 Å². The summed E-state index contributed by atoms with van der Waals surface area (Å²) in [5.74, 6) is -3.54. The highest BCUT2D eigenvalue weighted by atomic mass is 32.2. The van der Waals surface area contributed by atoms with Crippen molar-refractivity contribution in [3.05, 3.63) is 0 Å². The lowest BCUT2D eigenvalue weighted by molar-refractivity contribution is -0.126. The van der Waals surface area contributed by atoms with Gasteiger partial charge in [-0.05, 0) is 12.8 Å². The minimum atomic E-state index is -4.47. The van der Waals surface area contributed by atoms with Gasteiger partial charge in [0, 0.05) is 0 Å². The molecule has 1 saturated carbocycles. The summed E-state index contributed by atoms with van der Waals surface area (Å²) >= 11 is 0. The molecule has 1 aliphatic carbocycles. The number of hydrogen-bond acceptors (Lipinski definition) is 10. The predicted molar refractivity (Wildman–Crippen MR) is 79.9 cm³/mol. The largest absolute Gasteiger partial charge is 0.295 e. The minimum absolute atomic E-state index is 0.136. The fourth-order valence-electron chi connectivity index (χ4n) is 2.66. The van der Waals surface area contributed by atoms with Gasteiger partial charge in [-0.1, -0.05) is 0 Å². The summed E-state index contributed by atoms with van der Waals surface area (Å²) in [4.78, 5) is 45.2. The average molecular weight is 410 g/mol. The molecule has 3 fully saturated rings. The highest BCUT2D eigenvalue weighted by Gasteiger charge is 2.49. The summed E-state index contributed by atoms with van der Waals surface area (Å²) in [6.45, 7) is 0. The maximum Gasteiger partial charge on any atom is 0.280 e. The molecule has 3 rings (SSSR count). The second-order valence-electron chi connectivity index (χ2n) is 6.04. The molecule has 12 nitrogen and oxygen atoms in total. The molecule has 144 valence electrons. The number of nitrogens with one attached hydrogen (secondary N) is 2. The van der Waals surface area contributed by atoms with E-state index >= 15 is 0 Å². The maximum absolute atomic E-state index is 12.1. The molecule has 2 heterocycles. The number of carbonyl (C=O) groups is 4. The van der Waals surface area contributed by atoms with Crippen LogP contribution in [0.1, 0.15) is 25.7 Å². The molecule has 0 radical (unpaired) electrons. The van der Waals surface area contributed by atoms with E-state index in [1.54, 1.807) is 0 Å².